The Labute approximate surface area is 124 Å². The fourth-order valence-corrected chi connectivity index (χ4v) is 2.63. The van der Waals surface area contributed by atoms with E-state index in [0.717, 1.165) is 23.2 Å². The van der Waals surface area contributed by atoms with E-state index < -0.39 is 0 Å². The summed E-state index contributed by atoms with van der Waals surface area (Å²) in [7, 11) is 1.96. The van der Waals surface area contributed by atoms with Gasteiger partial charge in [0, 0.05) is 23.6 Å². The standard InChI is InChI=1S/C15H22BrN3/c1-5-19(10-11(2)9-17)15-7-6-13(8-14(15)16)12(3)18-4/h6-8,11-12,18H,5,10H2,1-4H3. The molecule has 0 radical (unpaired) electrons. The van der Waals surface area contributed by atoms with Crippen LogP contribution in [0.25, 0.3) is 0 Å². The van der Waals surface area contributed by atoms with Crippen molar-refractivity contribution in [3.05, 3.63) is 28.2 Å². The van der Waals surface area contributed by atoms with Crippen LogP contribution in [0, 0.1) is 17.2 Å². The topological polar surface area (TPSA) is 39.1 Å². The minimum Gasteiger partial charge on any atom is -0.370 e. The van der Waals surface area contributed by atoms with Gasteiger partial charge in [-0.25, -0.2) is 0 Å². The van der Waals surface area contributed by atoms with Gasteiger partial charge >= 0.3 is 0 Å². The van der Waals surface area contributed by atoms with E-state index in [0.29, 0.717) is 6.04 Å². The van der Waals surface area contributed by atoms with E-state index in [-0.39, 0.29) is 5.92 Å². The van der Waals surface area contributed by atoms with Crippen molar-refractivity contribution in [3.63, 3.8) is 0 Å². The molecule has 2 atom stereocenters. The van der Waals surface area contributed by atoms with Crippen LogP contribution in [0.3, 0.4) is 0 Å². The van der Waals surface area contributed by atoms with Gasteiger partial charge in [-0.2, -0.15) is 5.26 Å². The highest BCUT2D eigenvalue weighted by Crippen LogP contribution is 2.29. The monoisotopic (exact) mass is 323 g/mol. The molecule has 0 amide bonds. The van der Waals surface area contributed by atoms with Crippen LogP contribution in [0.4, 0.5) is 5.69 Å². The van der Waals surface area contributed by atoms with Crippen LogP contribution < -0.4 is 10.2 Å². The molecule has 0 fully saturated rings. The first kappa shape index (κ1) is 16.0. The zero-order valence-electron chi connectivity index (χ0n) is 12.1. The van der Waals surface area contributed by atoms with Crippen molar-refractivity contribution in [2.45, 2.75) is 26.8 Å². The second-order valence-electron chi connectivity index (χ2n) is 4.79. The van der Waals surface area contributed by atoms with Crippen LogP contribution in [0.2, 0.25) is 0 Å². The molecule has 0 bridgehead atoms. The molecule has 1 rings (SSSR count). The highest BCUT2D eigenvalue weighted by molar-refractivity contribution is 9.10. The highest BCUT2D eigenvalue weighted by Gasteiger charge is 2.13. The Kier molecular flexibility index (Phi) is 6.33. The number of halogens is 1. The smallest absolute Gasteiger partial charge is 0.0671 e. The number of nitrogens with one attached hydrogen (secondary N) is 1. The summed E-state index contributed by atoms with van der Waals surface area (Å²) in [6.45, 7) is 7.85. The summed E-state index contributed by atoms with van der Waals surface area (Å²) in [6.07, 6.45) is 0. The molecular formula is C15H22BrN3. The van der Waals surface area contributed by atoms with Gasteiger partial charge in [-0.15, -0.1) is 0 Å². The average Bonchev–Trinajstić information content (AvgIpc) is 2.43. The number of hydrogen-bond acceptors (Lipinski definition) is 3. The SMILES string of the molecule is CCN(CC(C)C#N)c1ccc(C(C)NC)cc1Br. The minimum absolute atomic E-state index is 0.0303. The number of nitrogens with zero attached hydrogens (tertiary/aromatic N) is 2. The molecule has 0 aromatic heterocycles. The van der Waals surface area contributed by atoms with Gasteiger partial charge in [-0.1, -0.05) is 6.07 Å². The minimum atomic E-state index is 0.0303. The molecule has 19 heavy (non-hydrogen) atoms. The second kappa shape index (κ2) is 7.52. The maximum Gasteiger partial charge on any atom is 0.0671 e. The molecule has 3 nitrogen and oxygen atoms in total. The Morgan fingerprint density at radius 3 is 2.58 bits per heavy atom. The average molecular weight is 324 g/mol. The van der Waals surface area contributed by atoms with Crippen LogP contribution in [0.15, 0.2) is 22.7 Å². The first-order valence-electron chi connectivity index (χ1n) is 6.64. The van der Waals surface area contributed by atoms with E-state index in [1.807, 2.05) is 14.0 Å². The fourth-order valence-electron chi connectivity index (χ4n) is 1.98. The van der Waals surface area contributed by atoms with Crippen molar-refractivity contribution in [2.75, 3.05) is 25.0 Å². The molecule has 0 aliphatic heterocycles. The maximum absolute atomic E-state index is 8.95. The van der Waals surface area contributed by atoms with Crippen LogP contribution in [-0.2, 0) is 0 Å². The lowest BCUT2D eigenvalue weighted by Crippen LogP contribution is -2.28. The lowest BCUT2D eigenvalue weighted by Gasteiger charge is -2.26. The van der Waals surface area contributed by atoms with E-state index in [1.165, 1.54) is 5.56 Å². The van der Waals surface area contributed by atoms with Crippen molar-refractivity contribution < 1.29 is 0 Å². The first-order chi connectivity index (χ1) is 9.03. The van der Waals surface area contributed by atoms with Gasteiger partial charge in [0.1, 0.15) is 0 Å². The summed E-state index contributed by atoms with van der Waals surface area (Å²) in [5.41, 5.74) is 2.40. The molecule has 4 heteroatoms. The summed E-state index contributed by atoms with van der Waals surface area (Å²) in [6, 6.07) is 9.04. The van der Waals surface area contributed by atoms with Gasteiger partial charge in [0.15, 0.2) is 0 Å². The van der Waals surface area contributed by atoms with Gasteiger partial charge in [0.25, 0.3) is 0 Å². The summed E-state index contributed by atoms with van der Waals surface area (Å²) >= 11 is 3.65. The summed E-state index contributed by atoms with van der Waals surface area (Å²) in [5.74, 6) is 0.0303. The highest BCUT2D eigenvalue weighted by atomic mass is 79.9. The van der Waals surface area contributed by atoms with E-state index >= 15 is 0 Å². The fraction of sp³-hybridized carbons (Fsp3) is 0.533. The Morgan fingerprint density at radius 2 is 2.11 bits per heavy atom. The zero-order chi connectivity index (χ0) is 14.4. The van der Waals surface area contributed by atoms with Crippen LogP contribution in [0.1, 0.15) is 32.4 Å². The van der Waals surface area contributed by atoms with E-state index in [4.69, 9.17) is 5.26 Å². The lowest BCUT2D eigenvalue weighted by atomic mass is 10.1. The van der Waals surface area contributed by atoms with Gasteiger partial charge < -0.3 is 10.2 Å². The third-order valence-corrected chi connectivity index (χ3v) is 3.98. The van der Waals surface area contributed by atoms with E-state index in [1.54, 1.807) is 0 Å². The number of rotatable bonds is 6. The Balaban J connectivity index is 2.97. The second-order valence-corrected chi connectivity index (χ2v) is 5.64. The number of benzene rings is 1. The molecule has 2 unspecified atom stereocenters. The van der Waals surface area contributed by atoms with Crippen LogP contribution in [0.5, 0.6) is 0 Å². The number of hydrogen-bond donors (Lipinski definition) is 1. The Bertz CT molecular complexity index is 453. The molecule has 0 aliphatic rings. The summed E-state index contributed by atoms with van der Waals surface area (Å²) < 4.78 is 1.08. The van der Waals surface area contributed by atoms with E-state index in [9.17, 15) is 0 Å². The van der Waals surface area contributed by atoms with Crippen molar-refractivity contribution in [1.29, 1.82) is 5.26 Å². The van der Waals surface area contributed by atoms with Crippen LogP contribution >= 0.6 is 15.9 Å². The van der Waals surface area contributed by atoms with Crippen LogP contribution in [-0.4, -0.2) is 20.1 Å². The Hall–Kier alpha value is -1.05. The predicted octanol–water partition coefficient (Wildman–Crippen LogP) is 3.72. The summed E-state index contributed by atoms with van der Waals surface area (Å²) in [5, 5.41) is 12.2. The maximum atomic E-state index is 8.95. The van der Waals surface area contributed by atoms with Crippen molar-refractivity contribution in [1.82, 2.24) is 5.32 Å². The van der Waals surface area contributed by atoms with Crippen molar-refractivity contribution >= 4 is 21.6 Å². The normalized spacial score (nSPS) is 13.7. The van der Waals surface area contributed by atoms with Crippen molar-refractivity contribution in [3.8, 4) is 6.07 Å². The molecule has 0 saturated heterocycles. The Morgan fingerprint density at radius 1 is 1.42 bits per heavy atom. The number of anilines is 1. The molecule has 1 aromatic rings. The van der Waals surface area contributed by atoms with Gasteiger partial charge in [-0.3, -0.25) is 0 Å². The summed E-state index contributed by atoms with van der Waals surface area (Å²) in [4.78, 5) is 2.23. The largest absolute Gasteiger partial charge is 0.370 e. The third kappa shape index (κ3) is 4.22. The lowest BCUT2D eigenvalue weighted by molar-refractivity contribution is 0.651. The molecule has 1 N–H and O–H groups in total. The molecular weight excluding hydrogens is 302 g/mol. The molecule has 0 heterocycles. The molecule has 1 aromatic carbocycles. The molecule has 0 aliphatic carbocycles. The van der Waals surface area contributed by atoms with Gasteiger partial charge in [0.05, 0.1) is 17.7 Å². The van der Waals surface area contributed by atoms with Gasteiger partial charge in [0.2, 0.25) is 0 Å². The predicted molar refractivity (Wildman–Crippen MR) is 84.3 cm³/mol. The van der Waals surface area contributed by atoms with Gasteiger partial charge in [-0.05, 0) is 61.4 Å². The van der Waals surface area contributed by atoms with E-state index in [2.05, 4.69) is 64.3 Å². The third-order valence-electron chi connectivity index (χ3n) is 3.34. The molecule has 0 spiro atoms. The molecule has 104 valence electrons. The number of nitriles is 1. The molecule has 0 saturated carbocycles. The first-order valence-corrected chi connectivity index (χ1v) is 7.44. The zero-order valence-corrected chi connectivity index (χ0v) is 13.7. The van der Waals surface area contributed by atoms with Crippen molar-refractivity contribution in [2.24, 2.45) is 5.92 Å². The quantitative estimate of drug-likeness (QED) is 0.867.